The molecule has 0 bridgehead atoms. The lowest BCUT2D eigenvalue weighted by Crippen LogP contribution is -2.48. The third-order valence-corrected chi connectivity index (χ3v) is 7.67. The summed E-state index contributed by atoms with van der Waals surface area (Å²) in [7, 11) is -2.76. The van der Waals surface area contributed by atoms with Gasteiger partial charge in [-0.25, -0.2) is 18.4 Å². The predicted octanol–water partition coefficient (Wildman–Crippen LogP) is 1.02. The SMILES string of the molecule is O=S1(=O)CCC(CN2CCN(c3cc(N4CCCC4)ncn3)CC2)CC1. The van der Waals surface area contributed by atoms with E-state index in [1.165, 1.54) is 12.8 Å². The van der Waals surface area contributed by atoms with Crippen molar-refractivity contribution in [3.63, 3.8) is 0 Å². The van der Waals surface area contributed by atoms with Crippen LogP contribution in [0.1, 0.15) is 25.7 Å². The lowest BCUT2D eigenvalue weighted by molar-refractivity contribution is 0.211. The summed E-state index contributed by atoms with van der Waals surface area (Å²) < 4.78 is 23.2. The predicted molar refractivity (Wildman–Crippen MR) is 104 cm³/mol. The van der Waals surface area contributed by atoms with Gasteiger partial charge in [0.25, 0.3) is 0 Å². The molecule has 7 nitrogen and oxygen atoms in total. The second kappa shape index (κ2) is 7.68. The molecule has 3 fully saturated rings. The van der Waals surface area contributed by atoms with E-state index in [0.717, 1.165) is 70.3 Å². The second-order valence-corrected chi connectivity index (χ2v) is 10.1. The van der Waals surface area contributed by atoms with Crippen LogP contribution in [0, 0.1) is 5.92 Å². The maximum absolute atomic E-state index is 11.6. The first-order chi connectivity index (χ1) is 12.6. The highest BCUT2D eigenvalue weighted by atomic mass is 32.2. The van der Waals surface area contributed by atoms with Crippen LogP contribution >= 0.6 is 0 Å². The number of piperazine rings is 1. The Morgan fingerprint density at radius 2 is 1.46 bits per heavy atom. The Labute approximate surface area is 156 Å². The molecule has 0 amide bonds. The van der Waals surface area contributed by atoms with Gasteiger partial charge in [-0.2, -0.15) is 0 Å². The summed E-state index contributed by atoms with van der Waals surface area (Å²) in [5.41, 5.74) is 0. The Bertz CT molecular complexity index is 698. The minimum absolute atomic E-state index is 0.373. The van der Waals surface area contributed by atoms with Crippen molar-refractivity contribution in [3.8, 4) is 0 Å². The van der Waals surface area contributed by atoms with Crippen molar-refractivity contribution < 1.29 is 8.42 Å². The summed E-state index contributed by atoms with van der Waals surface area (Å²) in [6, 6.07) is 2.13. The normalized spacial score (nSPS) is 24.9. The fourth-order valence-corrected chi connectivity index (χ4v) is 5.86. The highest BCUT2D eigenvalue weighted by molar-refractivity contribution is 7.91. The van der Waals surface area contributed by atoms with Crippen molar-refractivity contribution >= 4 is 21.5 Å². The summed E-state index contributed by atoms with van der Waals surface area (Å²) >= 11 is 0. The second-order valence-electron chi connectivity index (χ2n) is 7.81. The fraction of sp³-hybridized carbons (Fsp3) is 0.778. The van der Waals surface area contributed by atoms with E-state index < -0.39 is 9.84 Å². The summed E-state index contributed by atoms with van der Waals surface area (Å²) in [5, 5.41) is 0. The van der Waals surface area contributed by atoms with Crippen LogP contribution in [-0.4, -0.2) is 80.6 Å². The molecule has 1 aromatic heterocycles. The van der Waals surface area contributed by atoms with E-state index in [1.807, 2.05) is 0 Å². The van der Waals surface area contributed by atoms with Gasteiger partial charge in [-0.15, -0.1) is 0 Å². The minimum Gasteiger partial charge on any atom is -0.356 e. The fourth-order valence-electron chi connectivity index (χ4n) is 4.28. The molecule has 3 aliphatic rings. The van der Waals surface area contributed by atoms with Crippen LogP contribution in [0.15, 0.2) is 12.4 Å². The number of nitrogens with zero attached hydrogens (tertiary/aromatic N) is 5. The van der Waals surface area contributed by atoms with Gasteiger partial charge in [0.05, 0.1) is 11.5 Å². The van der Waals surface area contributed by atoms with Gasteiger partial charge in [0.2, 0.25) is 0 Å². The first-order valence-corrected chi connectivity index (χ1v) is 11.7. The average Bonchev–Trinajstić information content (AvgIpc) is 3.19. The summed E-state index contributed by atoms with van der Waals surface area (Å²) in [6.07, 6.45) is 5.85. The first-order valence-electron chi connectivity index (χ1n) is 9.84. The van der Waals surface area contributed by atoms with Crippen molar-refractivity contribution in [2.45, 2.75) is 25.7 Å². The first kappa shape index (κ1) is 18.0. The Balaban J connectivity index is 1.29. The summed E-state index contributed by atoms with van der Waals surface area (Å²) in [4.78, 5) is 16.1. The number of rotatable bonds is 4. The van der Waals surface area contributed by atoms with E-state index in [0.29, 0.717) is 17.4 Å². The van der Waals surface area contributed by atoms with Gasteiger partial charge in [-0.1, -0.05) is 0 Å². The van der Waals surface area contributed by atoms with Gasteiger partial charge in [-0.05, 0) is 31.6 Å². The molecule has 26 heavy (non-hydrogen) atoms. The van der Waals surface area contributed by atoms with Crippen molar-refractivity contribution in [1.82, 2.24) is 14.9 Å². The zero-order valence-electron chi connectivity index (χ0n) is 15.4. The Morgan fingerprint density at radius 1 is 0.885 bits per heavy atom. The standard InChI is InChI=1S/C18H29N5O2S/c24-26(25)11-3-16(4-12-26)14-21-7-9-23(10-8-21)18-13-17(19-15-20-18)22-5-1-2-6-22/h13,15-16H,1-12,14H2. The lowest BCUT2D eigenvalue weighted by atomic mass is 10.0. The van der Waals surface area contributed by atoms with Crippen LogP contribution in [-0.2, 0) is 9.84 Å². The average molecular weight is 380 g/mol. The third kappa shape index (κ3) is 4.28. The molecule has 0 atom stereocenters. The van der Waals surface area contributed by atoms with Gasteiger partial charge >= 0.3 is 0 Å². The maximum Gasteiger partial charge on any atom is 0.150 e. The van der Waals surface area contributed by atoms with E-state index in [2.05, 4.69) is 30.7 Å². The van der Waals surface area contributed by atoms with Gasteiger partial charge in [0.15, 0.2) is 0 Å². The van der Waals surface area contributed by atoms with Crippen LogP contribution in [0.25, 0.3) is 0 Å². The molecule has 0 spiro atoms. The van der Waals surface area contributed by atoms with Crippen molar-refractivity contribution in [1.29, 1.82) is 0 Å². The number of aromatic nitrogens is 2. The van der Waals surface area contributed by atoms with E-state index in [1.54, 1.807) is 6.33 Å². The van der Waals surface area contributed by atoms with Crippen molar-refractivity contribution in [3.05, 3.63) is 12.4 Å². The maximum atomic E-state index is 11.6. The monoisotopic (exact) mass is 379 g/mol. The van der Waals surface area contributed by atoms with Crippen molar-refractivity contribution in [2.24, 2.45) is 5.92 Å². The Kier molecular flexibility index (Phi) is 5.31. The van der Waals surface area contributed by atoms with Crippen LogP contribution in [0.5, 0.6) is 0 Å². The van der Waals surface area contributed by atoms with Crippen molar-refractivity contribution in [2.75, 3.05) is 67.1 Å². The Morgan fingerprint density at radius 3 is 2.08 bits per heavy atom. The van der Waals surface area contributed by atoms with E-state index in [-0.39, 0.29) is 0 Å². The van der Waals surface area contributed by atoms with Crippen LogP contribution < -0.4 is 9.80 Å². The molecule has 144 valence electrons. The topological polar surface area (TPSA) is 69.6 Å². The molecule has 8 heteroatoms. The molecule has 0 aromatic carbocycles. The molecule has 1 aromatic rings. The molecule has 0 unspecified atom stereocenters. The molecule has 0 radical (unpaired) electrons. The molecule has 0 N–H and O–H groups in total. The Hall–Kier alpha value is -1.41. The largest absolute Gasteiger partial charge is 0.356 e. The number of sulfone groups is 1. The molecule has 0 aliphatic carbocycles. The molecular weight excluding hydrogens is 350 g/mol. The minimum atomic E-state index is -2.76. The van der Waals surface area contributed by atoms with Crippen LogP contribution in [0.2, 0.25) is 0 Å². The molecule has 3 saturated heterocycles. The third-order valence-electron chi connectivity index (χ3n) is 5.96. The molecule has 0 saturated carbocycles. The van der Waals surface area contributed by atoms with Gasteiger partial charge in [0, 0.05) is 51.9 Å². The van der Waals surface area contributed by atoms with E-state index in [4.69, 9.17) is 0 Å². The number of anilines is 2. The smallest absolute Gasteiger partial charge is 0.150 e. The molecule has 4 heterocycles. The summed E-state index contributed by atoms with van der Waals surface area (Å²) in [6.45, 7) is 7.22. The quantitative estimate of drug-likeness (QED) is 0.774. The zero-order chi connectivity index (χ0) is 18.0. The summed E-state index contributed by atoms with van der Waals surface area (Å²) in [5.74, 6) is 3.37. The van der Waals surface area contributed by atoms with Crippen LogP contribution in [0.3, 0.4) is 0 Å². The number of hydrogen-bond acceptors (Lipinski definition) is 7. The van der Waals surface area contributed by atoms with E-state index >= 15 is 0 Å². The highest BCUT2D eigenvalue weighted by Crippen LogP contribution is 2.24. The van der Waals surface area contributed by atoms with E-state index in [9.17, 15) is 8.42 Å². The van der Waals surface area contributed by atoms with Crippen LogP contribution in [0.4, 0.5) is 11.6 Å². The lowest BCUT2D eigenvalue weighted by Gasteiger charge is -2.37. The van der Waals surface area contributed by atoms with Gasteiger partial charge < -0.3 is 9.80 Å². The number of hydrogen-bond donors (Lipinski definition) is 0. The van der Waals surface area contributed by atoms with Gasteiger partial charge in [0.1, 0.15) is 27.8 Å². The highest BCUT2D eigenvalue weighted by Gasteiger charge is 2.27. The molecule has 4 rings (SSSR count). The van der Waals surface area contributed by atoms with Gasteiger partial charge in [-0.3, -0.25) is 4.90 Å². The zero-order valence-corrected chi connectivity index (χ0v) is 16.2. The molecule has 3 aliphatic heterocycles. The molecular formula is C18H29N5O2S.